The summed E-state index contributed by atoms with van der Waals surface area (Å²) >= 11 is 1.78. The maximum atomic E-state index is 5.49. The Morgan fingerprint density at radius 1 is 0.458 bits per heavy atom. The first-order valence-electron chi connectivity index (χ1n) is 20.2. The topological polar surface area (TPSA) is 30.7 Å². The Labute approximate surface area is 346 Å². The van der Waals surface area contributed by atoms with E-state index in [1.54, 1.807) is 11.3 Å². The molecule has 0 radical (unpaired) electrons. The second-order valence-corrected chi connectivity index (χ2v) is 17.2. The number of hydrogen-bond acceptors (Lipinski definition) is 3. The van der Waals surface area contributed by atoms with E-state index in [-0.39, 0.29) is 5.41 Å². The first-order chi connectivity index (χ1) is 29.0. The summed E-state index contributed by atoms with van der Waals surface area (Å²) in [5.41, 5.74) is 17.5. The van der Waals surface area contributed by atoms with Crippen molar-refractivity contribution < 1.29 is 0 Å². The molecule has 0 saturated carbocycles. The van der Waals surface area contributed by atoms with Gasteiger partial charge in [0.2, 0.25) is 0 Å². The standard InChI is InChI=1S/C55H37N3S/c1-55(2)45-24-11-9-21-41(45)42-29-27-37(33-46(42)55)51-53-52(43-22-10-12-26-49(43)59-53)57-54(56-51)38-18-13-17-36(31-38)40-23-14-25-48-50(40)44-32-35(34-15-5-3-6-16-34)28-30-47(44)58(48)39-19-7-4-8-20-39/h3-33H,1-2H3. The van der Waals surface area contributed by atoms with Gasteiger partial charge in [0.05, 0.1) is 26.9 Å². The Bertz CT molecular complexity index is 3460. The lowest BCUT2D eigenvalue weighted by atomic mass is 9.82. The minimum absolute atomic E-state index is 0.113. The molecule has 0 spiro atoms. The monoisotopic (exact) mass is 771 g/mol. The number of para-hydroxylation sites is 1. The molecule has 3 nitrogen and oxygen atoms in total. The third-order valence-corrected chi connectivity index (χ3v) is 13.6. The van der Waals surface area contributed by atoms with Crippen LogP contribution in [0.4, 0.5) is 0 Å². The zero-order valence-corrected chi connectivity index (χ0v) is 33.5. The molecule has 12 rings (SSSR count). The van der Waals surface area contributed by atoms with Crippen LogP contribution in [0.25, 0.3) is 104 Å². The predicted molar refractivity (Wildman–Crippen MR) is 249 cm³/mol. The van der Waals surface area contributed by atoms with Gasteiger partial charge in [-0.25, -0.2) is 9.97 Å². The molecule has 3 aromatic heterocycles. The van der Waals surface area contributed by atoms with Gasteiger partial charge in [-0.15, -0.1) is 11.3 Å². The average Bonchev–Trinajstić information content (AvgIpc) is 3.92. The SMILES string of the molecule is CC1(C)c2ccccc2-c2ccc(-c3nc(-c4cccc(-c5cccc6c5c5cc(-c7ccccc7)ccc5n6-c5ccccc5)c4)nc4c3sc3ccccc34)cc21. The normalized spacial score (nSPS) is 13.1. The molecule has 278 valence electrons. The zero-order chi connectivity index (χ0) is 39.2. The second-order valence-electron chi connectivity index (χ2n) is 16.2. The van der Waals surface area contributed by atoms with Gasteiger partial charge in [0.25, 0.3) is 0 Å². The fourth-order valence-corrected chi connectivity index (χ4v) is 10.7. The summed E-state index contributed by atoms with van der Waals surface area (Å²) in [6, 6.07) is 68.2. The van der Waals surface area contributed by atoms with Crippen molar-refractivity contribution in [3.05, 3.63) is 199 Å². The minimum atomic E-state index is -0.113. The summed E-state index contributed by atoms with van der Waals surface area (Å²) in [6.45, 7) is 4.68. The molecule has 8 aromatic carbocycles. The highest BCUT2D eigenvalue weighted by Crippen LogP contribution is 2.50. The van der Waals surface area contributed by atoms with Crippen LogP contribution in [-0.4, -0.2) is 14.5 Å². The molecule has 0 aliphatic heterocycles. The van der Waals surface area contributed by atoms with Crippen molar-refractivity contribution in [2.75, 3.05) is 0 Å². The van der Waals surface area contributed by atoms with Crippen LogP contribution < -0.4 is 0 Å². The van der Waals surface area contributed by atoms with Gasteiger partial charge in [0.1, 0.15) is 0 Å². The lowest BCUT2D eigenvalue weighted by molar-refractivity contribution is 0.660. The largest absolute Gasteiger partial charge is 0.309 e. The van der Waals surface area contributed by atoms with Crippen molar-refractivity contribution in [3.8, 4) is 61.7 Å². The Hall–Kier alpha value is -7.14. The number of aromatic nitrogens is 3. The smallest absolute Gasteiger partial charge is 0.160 e. The molecule has 4 heteroatoms. The van der Waals surface area contributed by atoms with Crippen molar-refractivity contribution in [1.29, 1.82) is 0 Å². The molecule has 11 aromatic rings. The number of nitrogens with zero attached hydrogens (tertiary/aromatic N) is 3. The van der Waals surface area contributed by atoms with Crippen molar-refractivity contribution in [2.45, 2.75) is 19.3 Å². The highest BCUT2D eigenvalue weighted by atomic mass is 32.1. The predicted octanol–water partition coefficient (Wildman–Crippen LogP) is 14.9. The van der Waals surface area contributed by atoms with Gasteiger partial charge in [-0.05, 0) is 93.0 Å². The van der Waals surface area contributed by atoms with Gasteiger partial charge >= 0.3 is 0 Å². The zero-order valence-electron chi connectivity index (χ0n) is 32.6. The summed E-state index contributed by atoms with van der Waals surface area (Å²) in [6.07, 6.45) is 0. The number of fused-ring (bicyclic) bond motifs is 9. The summed E-state index contributed by atoms with van der Waals surface area (Å²) in [5, 5.41) is 3.61. The van der Waals surface area contributed by atoms with E-state index in [9.17, 15) is 0 Å². The molecule has 0 saturated heterocycles. The van der Waals surface area contributed by atoms with Crippen molar-refractivity contribution in [1.82, 2.24) is 14.5 Å². The van der Waals surface area contributed by atoms with E-state index >= 15 is 0 Å². The molecule has 1 aliphatic rings. The Kier molecular flexibility index (Phi) is 7.44. The van der Waals surface area contributed by atoms with Gasteiger partial charge in [-0.1, -0.05) is 153 Å². The van der Waals surface area contributed by atoms with Crippen LogP contribution in [0.1, 0.15) is 25.0 Å². The molecule has 0 bridgehead atoms. The minimum Gasteiger partial charge on any atom is -0.309 e. The van der Waals surface area contributed by atoms with E-state index in [0.29, 0.717) is 0 Å². The molecule has 0 N–H and O–H groups in total. The lowest BCUT2D eigenvalue weighted by Gasteiger charge is -2.22. The highest BCUT2D eigenvalue weighted by molar-refractivity contribution is 7.26. The Morgan fingerprint density at radius 2 is 1.15 bits per heavy atom. The van der Waals surface area contributed by atoms with Gasteiger partial charge in [0, 0.05) is 43.1 Å². The van der Waals surface area contributed by atoms with Crippen molar-refractivity contribution in [2.24, 2.45) is 0 Å². The highest BCUT2D eigenvalue weighted by Gasteiger charge is 2.35. The molecular formula is C55H37N3S. The van der Waals surface area contributed by atoms with Crippen LogP contribution in [0.5, 0.6) is 0 Å². The van der Waals surface area contributed by atoms with Gasteiger partial charge in [-0.2, -0.15) is 0 Å². The maximum Gasteiger partial charge on any atom is 0.160 e. The van der Waals surface area contributed by atoms with E-state index in [2.05, 4.69) is 206 Å². The Morgan fingerprint density at radius 3 is 2.03 bits per heavy atom. The van der Waals surface area contributed by atoms with E-state index in [1.165, 1.54) is 65.4 Å². The van der Waals surface area contributed by atoms with Crippen molar-refractivity contribution >= 4 is 53.4 Å². The fourth-order valence-electron chi connectivity index (χ4n) is 9.57. The fraction of sp³-hybridized carbons (Fsp3) is 0.0545. The summed E-state index contributed by atoms with van der Waals surface area (Å²) < 4.78 is 4.73. The molecule has 3 heterocycles. The molecular weight excluding hydrogens is 735 g/mol. The summed E-state index contributed by atoms with van der Waals surface area (Å²) in [7, 11) is 0. The molecule has 0 unspecified atom stereocenters. The maximum absolute atomic E-state index is 5.49. The third kappa shape index (κ3) is 5.20. The van der Waals surface area contributed by atoms with E-state index < -0.39 is 0 Å². The number of thiophene rings is 1. The van der Waals surface area contributed by atoms with Gasteiger partial charge in [0.15, 0.2) is 5.82 Å². The summed E-state index contributed by atoms with van der Waals surface area (Å²) in [4.78, 5) is 10.9. The quantitative estimate of drug-likeness (QED) is 0.174. The average molecular weight is 772 g/mol. The van der Waals surface area contributed by atoms with Gasteiger partial charge < -0.3 is 4.57 Å². The van der Waals surface area contributed by atoms with Gasteiger partial charge in [-0.3, -0.25) is 0 Å². The molecule has 0 fully saturated rings. The molecule has 1 aliphatic carbocycles. The molecule has 59 heavy (non-hydrogen) atoms. The van der Waals surface area contributed by atoms with E-state index in [4.69, 9.17) is 9.97 Å². The number of rotatable bonds is 5. The van der Waals surface area contributed by atoms with E-state index in [0.717, 1.165) is 49.5 Å². The first-order valence-corrected chi connectivity index (χ1v) is 21.1. The van der Waals surface area contributed by atoms with Crippen LogP contribution in [0.2, 0.25) is 0 Å². The van der Waals surface area contributed by atoms with Crippen LogP contribution in [-0.2, 0) is 5.41 Å². The Balaban J connectivity index is 1.06. The van der Waals surface area contributed by atoms with E-state index in [1.807, 2.05) is 0 Å². The number of hydrogen-bond donors (Lipinski definition) is 0. The second kappa shape index (κ2) is 12.9. The van der Waals surface area contributed by atoms with Crippen LogP contribution in [0.15, 0.2) is 188 Å². The first kappa shape index (κ1) is 33.9. The van der Waals surface area contributed by atoms with Crippen LogP contribution >= 0.6 is 11.3 Å². The van der Waals surface area contributed by atoms with Crippen LogP contribution in [0.3, 0.4) is 0 Å². The van der Waals surface area contributed by atoms with Crippen molar-refractivity contribution in [3.63, 3.8) is 0 Å². The number of benzene rings is 8. The third-order valence-electron chi connectivity index (χ3n) is 12.4. The lowest BCUT2D eigenvalue weighted by Crippen LogP contribution is -2.14. The molecule has 0 atom stereocenters. The van der Waals surface area contributed by atoms with Crippen LogP contribution in [0, 0.1) is 0 Å². The molecule has 0 amide bonds. The summed E-state index contributed by atoms with van der Waals surface area (Å²) in [5.74, 6) is 0.728.